The number of hydrogen-bond donors (Lipinski definition) is 1. The number of methoxy groups -OCH3 is 1. The van der Waals surface area contributed by atoms with Gasteiger partial charge in [0.2, 0.25) is 9.04 Å². The number of phenolic OH excluding ortho intramolecular Hbond substituents is 1. The van der Waals surface area contributed by atoms with E-state index in [-0.39, 0.29) is 0 Å². The first-order valence-electron chi connectivity index (χ1n) is 5.05. The SMILES string of the molecule is CC[Si](OCCOC)c1ccccc1O. The van der Waals surface area contributed by atoms with Gasteiger partial charge in [-0.05, 0) is 12.1 Å². The molecule has 83 valence electrons. The lowest BCUT2D eigenvalue weighted by atomic mass is 10.3. The molecule has 0 bridgehead atoms. The van der Waals surface area contributed by atoms with Crippen LogP contribution in [-0.4, -0.2) is 34.5 Å². The molecule has 0 spiro atoms. The van der Waals surface area contributed by atoms with E-state index in [2.05, 4.69) is 6.92 Å². The van der Waals surface area contributed by atoms with Gasteiger partial charge in [0.25, 0.3) is 0 Å². The third kappa shape index (κ3) is 3.66. The van der Waals surface area contributed by atoms with Crippen LogP contribution in [0.4, 0.5) is 0 Å². The van der Waals surface area contributed by atoms with Crippen LogP contribution in [0.3, 0.4) is 0 Å². The molecule has 0 aliphatic carbocycles. The van der Waals surface area contributed by atoms with E-state index in [4.69, 9.17) is 9.16 Å². The predicted octanol–water partition coefficient (Wildman–Crippen LogP) is 1.27. The van der Waals surface area contributed by atoms with Crippen molar-refractivity contribution in [3.63, 3.8) is 0 Å². The second kappa shape index (κ2) is 6.61. The fraction of sp³-hybridized carbons (Fsp3) is 0.455. The zero-order chi connectivity index (χ0) is 11.1. The lowest BCUT2D eigenvalue weighted by Gasteiger charge is -2.14. The van der Waals surface area contributed by atoms with E-state index >= 15 is 0 Å². The van der Waals surface area contributed by atoms with Crippen molar-refractivity contribution >= 4 is 14.2 Å². The monoisotopic (exact) mass is 225 g/mol. The van der Waals surface area contributed by atoms with Gasteiger partial charge in [-0.1, -0.05) is 25.1 Å². The van der Waals surface area contributed by atoms with Crippen molar-refractivity contribution in [3.05, 3.63) is 24.3 Å². The number of hydrogen-bond acceptors (Lipinski definition) is 3. The maximum absolute atomic E-state index is 9.68. The quantitative estimate of drug-likeness (QED) is 0.585. The zero-order valence-electron chi connectivity index (χ0n) is 9.19. The summed E-state index contributed by atoms with van der Waals surface area (Å²) in [5.41, 5.74) is 0. The zero-order valence-corrected chi connectivity index (χ0v) is 10.2. The van der Waals surface area contributed by atoms with Crippen molar-refractivity contribution in [2.45, 2.75) is 13.0 Å². The summed E-state index contributed by atoms with van der Waals surface area (Å²) in [7, 11) is 0.560. The maximum Gasteiger partial charge on any atom is 0.250 e. The van der Waals surface area contributed by atoms with Gasteiger partial charge < -0.3 is 14.3 Å². The Labute approximate surface area is 92.4 Å². The Morgan fingerprint density at radius 2 is 2.00 bits per heavy atom. The summed E-state index contributed by atoms with van der Waals surface area (Å²) in [6.45, 7) is 3.27. The molecular weight excluding hydrogens is 208 g/mol. The van der Waals surface area contributed by atoms with Crippen LogP contribution in [-0.2, 0) is 9.16 Å². The normalized spacial score (nSPS) is 10.9. The number of ether oxygens (including phenoxy) is 1. The van der Waals surface area contributed by atoms with Gasteiger partial charge in [0, 0.05) is 12.3 Å². The molecule has 0 saturated heterocycles. The van der Waals surface area contributed by atoms with Crippen LogP contribution in [0.5, 0.6) is 5.75 Å². The van der Waals surface area contributed by atoms with Crippen LogP contribution in [0.1, 0.15) is 6.92 Å². The van der Waals surface area contributed by atoms with Gasteiger partial charge in [-0.15, -0.1) is 0 Å². The Hall–Kier alpha value is -0.843. The summed E-state index contributed by atoms with van der Waals surface area (Å²) >= 11 is 0. The molecule has 1 aromatic carbocycles. The average Bonchev–Trinajstić information content (AvgIpc) is 2.26. The molecule has 1 N–H and O–H groups in total. The second-order valence-corrected chi connectivity index (χ2v) is 5.52. The van der Waals surface area contributed by atoms with E-state index in [1.165, 1.54) is 0 Å². The first-order valence-corrected chi connectivity index (χ1v) is 6.67. The van der Waals surface area contributed by atoms with E-state index in [1.54, 1.807) is 13.2 Å². The summed E-state index contributed by atoms with van der Waals surface area (Å²) < 4.78 is 10.6. The fourth-order valence-electron chi connectivity index (χ4n) is 1.33. The van der Waals surface area contributed by atoms with Crippen LogP contribution < -0.4 is 5.19 Å². The Morgan fingerprint density at radius 1 is 1.27 bits per heavy atom. The minimum Gasteiger partial charge on any atom is -0.508 e. The van der Waals surface area contributed by atoms with Crippen molar-refractivity contribution in [2.24, 2.45) is 0 Å². The topological polar surface area (TPSA) is 38.7 Å². The first kappa shape index (κ1) is 12.2. The lowest BCUT2D eigenvalue weighted by molar-refractivity contribution is 0.147. The molecule has 1 aromatic rings. The van der Waals surface area contributed by atoms with E-state index in [0.29, 0.717) is 19.0 Å². The number of benzene rings is 1. The molecule has 0 aliphatic heterocycles. The van der Waals surface area contributed by atoms with Crippen molar-refractivity contribution in [2.75, 3.05) is 20.3 Å². The Balaban J connectivity index is 2.61. The minimum atomic E-state index is -1.09. The van der Waals surface area contributed by atoms with Crippen LogP contribution in [0.25, 0.3) is 0 Å². The summed E-state index contributed by atoms with van der Waals surface area (Å²) in [5.74, 6) is 0.339. The van der Waals surface area contributed by atoms with Gasteiger partial charge in [-0.2, -0.15) is 0 Å². The molecule has 0 saturated carbocycles. The number of phenols is 1. The van der Waals surface area contributed by atoms with Gasteiger partial charge in [0.05, 0.1) is 13.2 Å². The molecule has 0 heterocycles. The van der Waals surface area contributed by atoms with Gasteiger partial charge in [-0.25, -0.2) is 0 Å². The van der Waals surface area contributed by atoms with Gasteiger partial charge in [0.1, 0.15) is 5.75 Å². The highest BCUT2D eigenvalue weighted by molar-refractivity contribution is 6.68. The summed E-state index contributed by atoms with van der Waals surface area (Å²) in [6, 6.07) is 8.32. The highest BCUT2D eigenvalue weighted by atomic mass is 28.3. The van der Waals surface area contributed by atoms with Crippen LogP contribution in [0.15, 0.2) is 24.3 Å². The molecule has 0 unspecified atom stereocenters. The number of para-hydroxylation sites is 1. The molecule has 15 heavy (non-hydrogen) atoms. The third-order valence-electron chi connectivity index (χ3n) is 2.09. The van der Waals surface area contributed by atoms with E-state index in [1.807, 2.05) is 18.2 Å². The maximum atomic E-state index is 9.68. The van der Waals surface area contributed by atoms with Crippen molar-refractivity contribution < 1.29 is 14.3 Å². The van der Waals surface area contributed by atoms with Gasteiger partial charge >= 0.3 is 0 Å². The molecule has 0 aliphatic rings. The van der Waals surface area contributed by atoms with Crippen molar-refractivity contribution in [1.82, 2.24) is 0 Å². The molecule has 3 nitrogen and oxygen atoms in total. The second-order valence-electron chi connectivity index (χ2n) is 3.14. The van der Waals surface area contributed by atoms with E-state index in [0.717, 1.165) is 11.2 Å². The minimum absolute atomic E-state index is 0.339. The highest BCUT2D eigenvalue weighted by Gasteiger charge is 2.16. The molecule has 1 radical (unpaired) electrons. The summed E-state index contributed by atoms with van der Waals surface area (Å²) in [4.78, 5) is 0. The molecular formula is C11H17O3Si. The fourth-order valence-corrected chi connectivity index (χ4v) is 3.05. The largest absolute Gasteiger partial charge is 0.508 e. The average molecular weight is 225 g/mol. The number of rotatable bonds is 6. The molecule has 0 fully saturated rings. The van der Waals surface area contributed by atoms with Gasteiger partial charge in [0.15, 0.2) is 0 Å². The molecule has 1 rings (SSSR count). The number of aromatic hydroxyl groups is 1. The van der Waals surface area contributed by atoms with Crippen molar-refractivity contribution in [1.29, 1.82) is 0 Å². The highest BCUT2D eigenvalue weighted by Crippen LogP contribution is 2.07. The van der Waals surface area contributed by atoms with Crippen molar-refractivity contribution in [3.8, 4) is 5.75 Å². The van der Waals surface area contributed by atoms with E-state index < -0.39 is 9.04 Å². The standard InChI is InChI=1S/C11H17O3Si/c1-3-15(14-9-8-13-2)11-7-5-4-6-10(11)12/h4-7,12H,3,8-9H2,1-2H3. The molecule has 0 aromatic heterocycles. The van der Waals surface area contributed by atoms with Crippen LogP contribution in [0, 0.1) is 0 Å². The summed E-state index contributed by atoms with van der Waals surface area (Å²) in [6.07, 6.45) is 0. The first-order chi connectivity index (χ1) is 7.29. The molecule has 4 heteroatoms. The van der Waals surface area contributed by atoms with Gasteiger partial charge in [-0.3, -0.25) is 0 Å². The predicted molar refractivity (Wildman–Crippen MR) is 61.8 cm³/mol. The van der Waals surface area contributed by atoms with Crippen LogP contribution in [0.2, 0.25) is 6.04 Å². The Kier molecular flexibility index (Phi) is 5.38. The Bertz CT molecular complexity index is 291. The Morgan fingerprint density at radius 3 is 2.60 bits per heavy atom. The van der Waals surface area contributed by atoms with Crippen LogP contribution >= 0.6 is 0 Å². The molecule has 0 atom stereocenters. The molecule has 0 amide bonds. The lowest BCUT2D eigenvalue weighted by Crippen LogP contribution is -2.33. The summed E-state index contributed by atoms with van der Waals surface area (Å²) in [5, 5.41) is 10.6. The smallest absolute Gasteiger partial charge is 0.250 e. The third-order valence-corrected chi connectivity index (χ3v) is 4.31. The van der Waals surface area contributed by atoms with E-state index in [9.17, 15) is 5.11 Å².